The first-order valence-electron chi connectivity index (χ1n) is 9.89. The van der Waals surface area contributed by atoms with Crippen LogP contribution in [0.1, 0.15) is 17.5 Å². The van der Waals surface area contributed by atoms with Gasteiger partial charge in [0.25, 0.3) is 0 Å². The zero-order valence-electron chi connectivity index (χ0n) is 17.7. The van der Waals surface area contributed by atoms with E-state index in [1.165, 1.54) is 32.4 Å². The first-order valence-corrected chi connectivity index (χ1v) is 9.89. The number of carboxylic acids is 1. The Bertz CT molecular complexity index is 985. The third-order valence-corrected chi connectivity index (χ3v) is 5.14. The molecule has 0 bridgehead atoms. The van der Waals surface area contributed by atoms with E-state index in [1.807, 2.05) is 0 Å². The molecule has 1 aliphatic carbocycles. The standard InChI is InChI=1S/C23H26O9/c1-29-19-5-3-13(7-16(19)24)11-31-21-10-15(23(27)28)9-18(26)22(21)32-12-14-4-6-20(30-2)17(25)8-14/h3-8,10,18,21-22,24-26H,9,11-12H2,1-2H3,(H,27,28)/t18-,21-,22+/m1/s1. The van der Waals surface area contributed by atoms with Crippen molar-refractivity contribution in [3.63, 3.8) is 0 Å². The molecule has 2 aromatic carbocycles. The Kier molecular flexibility index (Phi) is 7.57. The van der Waals surface area contributed by atoms with Crippen LogP contribution in [0.15, 0.2) is 48.0 Å². The Hall–Kier alpha value is -3.27. The molecule has 172 valence electrons. The molecule has 0 heterocycles. The van der Waals surface area contributed by atoms with Crippen molar-refractivity contribution in [1.82, 2.24) is 0 Å². The largest absolute Gasteiger partial charge is 0.504 e. The summed E-state index contributed by atoms with van der Waals surface area (Å²) in [6.45, 7) is 0.0975. The minimum Gasteiger partial charge on any atom is -0.504 e. The molecule has 0 saturated carbocycles. The summed E-state index contributed by atoms with van der Waals surface area (Å²) in [6.07, 6.45) is -1.45. The molecule has 9 heteroatoms. The molecule has 3 rings (SSSR count). The molecule has 3 atom stereocenters. The molecule has 4 N–H and O–H groups in total. The summed E-state index contributed by atoms with van der Waals surface area (Å²) >= 11 is 0. The van der Waals surface area contributed by atoms with Crippen molar-refractivity contribution in [3.8, 4) is 23.0 Å². The number of aromatic hydroxyl groups is 2. The van der Waals surface area contributed by atoms with Gasteiger partial charge in [-0.25, -0.2) is 4.79 Å². The molecular formula is C23H26O9. The maximum atomic E-state index is 11.5. The van der Waals surface area contributed by atoms with Gasteiger partial charge in [-0.2, -0.15) is 0 Å². The van der Waals surface area contributed by atoms with Gasteiger partial charge in [-0.15, -0.1) is 0 Å². The Morgan fingerprint density at radius 2 is 1.47 bits per heavy atom. The Labute approximate surface area is 185 Å². The van der Waals surface area contributed by atoms with E-state index >= 15 is 0 Å². The second kappa shape index (κ2) is 10.4. The molecule has 0 fully saturated rings. The summed E-state index contributed by atoms with van der Waals surface area (Å²) in [5, 5.41) is 39.8. The van der Waals surface area contributed by atoms with E-state index in [0.29, 0.717) is 22.6 Å². The van der Waals surface area contributed by atoms with Crippen LogP contribution in [0.2, 0.25) is 0 Å². The molecule has 0 aromatic heterocycles. The van der Waals surface area contributed by atoms with Gasteiger partial charge in [-0.1, -0.05) is 12.1 Å². The summed E-state index contributed by atoms with van der Waals surface area (Å²) in [6, 6.07) is 9.57. The summed E-state index contributed by atoms with van der Waals surface area (Å²) < 4.78 is 21.8. The number of hydrogen-bond acceptors (Lipinski definition) is 8. The van der Waals surface area contributed by atoms with Crippen molar-refractivity contribution in [1.29, 1.82) is 0 Å². The monoisotopic (exact) mass is 446 g/mol. The number of aliphatic carboxylic acids is 1. The van der Waals surface area contributed by atoms with Gasteiger partial charge >= 0.3 is 5.97 Å². The maximum Gasteiger partial charge on any atom is 0.331 e. The number of carboxylic acid groups (broad SMARTS) is 1. The lowest BCUT2D eigenvalue weighted by molar-refractivity contribution is -0.138. The summed E-state index contributed by atoms with van der Waals surface area (Å²) in [4.78, 5) is 11.5. The van der Waals surface area contributed by atoms with E-state index < -0.39 is 24.3 Å². The highest BCUT2D eigenvalue weighted by molar-refractivity contribution is 5.87. The highest BCUT2D eigenvalue weighted by Gasteiger charge is 2.36. The number of hydrogen-bond donors (Lipinski definition) is 4. The predicted molar refractivity (Wildman–Crippen MR) is 113 cm³/mol. The van der Waals surface area contributed by atoms with E-state index in [2.05, 4.69) is 0 Å². The quantitative estimate of drug-likeness (QED) is 0.458. The zero-order chi connectivity index (χ0) is 23.3. The number of aliphatic hydroxyl groups is 1. The maximum absolute atomic E-state index is 11.5. The van der Waals surface area contributed by atoms with Gasteiger partial charge in [-0.05, 0) is 41.5 Å². The molecule has 0 spiro atoms. The van der Waals surface area contributed by atoms with E-state index in [0.717, 1.165) is 0 Å². The van der Waals surface area contributed by atoms with Crippen molar-refractivity contribution in [3.05, 3.63) is 59.2 Å². The summed E-state index contributed by atoms with van der Waals surface area (Å²) in [5.74, 6) is -0.592. The van der Waals surface area contributed by atoms with E-state index in [1.54, 1.807) is 24.3 Å². The molecule has 0 unspecified atom stereocenters. The number of phenols is 2. The lowest BCUT2D eigenvalue weighted by Gasteiger charge is -2.33. The molecule has 2 aromatic rings. The van der Waals surface area contributed by atoms with Crippen LogP contribution < -0.4 is 9.47 Å². The fourth-order valence-electron chi connectivity index (χ4n) is 3.46. The van der Waals surface area contributed by atoms with Crippen LogP contribution in [0.4, 0.5) is 0 Å². The van der Waals surface area contributed by atoms with Crippen molar-refractivity contribution in [2.75, 3.05) is 14.2 Å². The predicted octanol–water partition coefficient (Wildman–Crippen LogP) is 2.36. The molecule has 9 nitrogen and oxygen atoms in total. The molecule has 0 saturated heterocycles. The number of ether oxygens (including phenoxy) is 4. The van der Waals surface area contributed by atoms with Crippen molar-refractivity contribution >= 4 is 5.97 Å². The van der Waals surface area contributed by atoms with Gasteiger partial charge in [0.05, 0.1) is 33.5 Å². The second-order valence-electron chi connectivity index (χ2n) is 7.33. The average Bonchev–Trinajstić information content (AvgIpc) is 2.76. The van der Waals surface area contributed by atoms with Crippen LogP contribution in [-0.4, -0.2) is 58.9 Å². The van der Waals surface area contributed by atoms with Gasteiger partial charge in [0.1, 0.15) is 12.2 Å². The SMILES string of the molecule is COc1ccc(CO[C@H]2[C@H](O)CC(C(=O)O)=C[C@H]2OCc2ccc(OC)c(O)c2)cc1O. The van der Waals surface area contributed by atoms with Gasteiger partial charge in [0, 0.05) is 12.0 Å². The highest BCUT2D eigenvalue weighted by Crippen LogP contribution is 2.30. The number of phenolic OH excluding ortho intramolecular Hbond substituents is 2. The Morgan fingerprint density at radius 1 is 0.938 bits per heavy atom. The van der Waals surface area contributed by atoms with E-state index in [-0.39, 0.29) is 36.7 Å². The molecule has 1 aliphatic rings. The third-order valence-electron chi connectivity index (χ3n) is 5.14. The van der Waals surface area contributed by atoms with Gasteiger partial charge in [0.2, 0.25) is 0 Å². The van der Waals surface area contributed by atoms with Crippen LogP contribution in [0.25, 0.3) is 0 Å². The number of aliphatic hydroxyl groups excluding tert-OH is 1. The number of methoxy groups -OCH3 is 2. The van der Waals surface area contributed by atoms with Crippen molar-refractivity contribution < 1.29 is 44.2 Å². The number of rotatable bonds is 9. The normalized spacial score (nSPS) is 20.5. The van der Waals surface area contributed by atoms with Crippen LogP contribution in [-0.2, 0) is 27.5 Å². The Balaban J connectivity index is 1.74. The summed E-state index contributed by atoms with van der Waals surface area (Å²) in [7, 11) is 2.89. The number of benzene rings is 2. The van der Waals surface area contributed by atoms with Gasteiger partial charge < -0.3 is 39.4 Å². The summed E-state index contributed by atoms with van der Waals surface area (Å²) in [5.41, 5.74) is 1.30. The smallest absolute Gasteiger partial charge is 0.331 e. The molecule has 0 amide bonds. The minimum atomic E-state index is -1.14. The van der Waals surface area contributed by atoms with Crippen molar-refractivity contribution in [2.45, 2.75) is 37.9 Å². The molecule has 0 aliphatic heterocycles. The fraction of sp³-hybridized carbons (Fsp3) is 0.348. The van der Waals surface area contributed by atoms with E-state index in [9.17, 15) is 25.2 Å². The third kappa shape index (κ3) is 5.50. The molecular weight excluding hydrogens is 420 g/mol. The number of carbonyl (C=O) groups is 1. The average molecular weight is 446 g/mol. The van der Waals surface area contributed by atoms with Crippen LogP contribution in [0, 0.1) is 0 Å². The highest BCUT2D eigenvalue weighted by atomic mass is 16.5. The van der Waals surface area contributed by atoms with Crippen LogP contribution in [0.3, 0.4) is 0 Å². The molecule has 32 heavy (non-hydrogen) atoms. The van der Waals surface area contributed by atoms with Gasteiger partial charge in [0.15, 0.2) is 23.0 Å². The first kappa shape index (κ1) is 23.4. The molecule has 0 radical (unpaired) electrons. The first-order chi connectivity index (χ1) is 15.3. The Morgan fingerprint density at radius 3 is 1.94 bits per heavy atom. The van der Waals surface area contributed by atoms with E-state index in [4.69, 9.17) is 18.9 Å². The van der Waals surface area contributed by atoms with Crippen LogP contribution in [0.5, 0.6) is 23.0 Å². The minimum absolute atomic E-state index is 0.0296. The van der Waals surface area contributed by atoms with Crippen LogP contribution >= 0.6 is 0 Å². The lowest BCUT2D eigenvalue weighted by Crippen LogP contribution is -2.44. The second-order valence-corrected chi connectivity index (χ2v) is 7.33. The zero-order valence-corrected chi connectivity index (χ0v) is 17.7. The fourth-order valence-corrected chi connectivity index (χ4v) is 3.46. The van der Waals surface area contributed by atoms with Crippen molar-refractivity contribution in [2.24, 2.45) is 0 Å². The van der Waals surface area contributed by atoms with Gasteiger partial charge in [-0.3, -0.25) is 0 Å². The topological polar surface area (TPSA) is 135 Å². The lowest BCUT2D eigenvalue weighted by atomic mass is 9.92.